The second-order valence-corrected chi connectivity index (χ2v) is 5.50. The molecule has 3 nitrogen and oxygen atoms in total. The predicted octanol–water partition coefficient (Wildman–Crippen LogP) is 4.38. The molecular weight excluding hydrogens is 347 g/mol. The highest BCUT2D eigenvalue weighted by Gasteiger charge is 2.15. The van der Waals surface area contributed by atoms with Crippen LogP contribution in [0.3, 0.4) is 0 Å². The summed E-state index contributed by atoms with van der Waals surface area (Å²) in [4.78, 5) is 12.2. The lowest BCUT2D eigenvalue weighted by molar-refractivity contribution is 0.102. The number of rotatable bonds is 2. The molecule has 0 heterocycles. The van der Waals surface area contributed by atoms with Gasteiger partial charge in [0.05, 0.1) is 16.3 Å². The van der Waals surface area contributed by atoms with Crippen molar-refractivity contribution in [3.05, 3.63) is 56.8 Å². The van der Waals surface area contributed by atoms with Gasteiger partial charge in [0.15, 0.2) is 0 Å². The highest BCUT2D eigenvalue weighted by Crippen LogP contribution is 2.32. The highest BCUT2D eigenvalue weighted by molar-refractivity contribution is 9.10. The van der Waals surface area contributed by atoms with E-state index in [9.17, 15) is 9.18 Å². The summed E-state index contributed by atoms with van der Waals surface area (Å²) in [7, 11) is 0. The Kier molecular flexibility index (Phi) is 4.30. The highest BCUT2D eigenvalue weighted by atomic mass is 79.9. The molecule has 2 aromatic carbocycles. The van der Waals surface area contributed by atoms with Crippen LogP contribution in [0.1, 0.15) is 15.9 Å². The molecule has 1 amide bonds. The van der Waals surface area contributed by atoms with E-state index < -0.39 is 11.7 Å². The first-order chi connectivity index (χ1) is 9.40. The van der Waals surface area contributed by atoms with Crippen molar-refractivity contribution in [1.82, 2.24) is 0 Å². The van der Waals surface area contributed by atoms with Crippen molar-refractivity contribution >= 4 is 44.8 Å². The van der Waals surface area contributed by atoms with E-state index in [2.05, 4.69) is 21.2 Å². The molecule has 0 saturated heterocycles. The Labute approximate surface area is 129 Å². The number of nitrogen functional groups attached to an aromatic ring is 1. The van der Waals surface area contributed by atoms with Gasteiger partial charge in [0, 0.05) is 10.2 Å². The van der Waals surface area contributed by atoms with Crippen LogP contribution in [-0.4, -0.2) is 5.91 Å². The number of benzene rings is 2. The lowest BCUT2D eigenvalue weighted by Crippen LogP contribution is -2.15. The van der Waals surface area contributed by atoms with Crippen LogP contribution in [0.15, 0.2) is 34.8 Å². The third-order valence-electron chi connectivity index (χ3n) is 2.81. The Morgan fingerprint density at radius 2 is 2.10 bits per heavy atom. The molecule has 0 fully saturated rings. The molecule has 0 spiro atoms. The molecule has 3 N–H and O–H groups in total. The second kappa shape index (κ2) is 5.81. The van der Waals surface area contributed by atoms with Crippen LogP contribution in [-0.2, 0) is 0 Å². The van der Waals surface area contributed by atoms with E-state index in [4.69, 9.17) is 17.3 Å². The van der Waals surface area contributed by atoms with Crippen LogP contribution in [0.5, 0.6) is 0 Å². The van der Waals surface area contributed by atoms with Crippen LogP contribution in [0.25, 0.3) is 0 Å². The molecule has 20 heavy (non-hydrogen) atoms. The van der Waals surface area contributed by atoms with Crippen molar-refractivity contribution in [3.8, 4) is 0 Å². The minimum absolute atomic E-state index is 0.108. The zero-order valence-electron chi connectivity index (χ0n) is 10.5. The topological polar surface area (TPSA) is 55.1 Å². The molecule has 0 aromatic heterocycles. The first-order valence-electron chi connectivity index (χ1n) is 5.71. The lowest BCUT2D eigenvalue weighted by Gasteiger charge is -2.12. The molecule has 0 aliphatic rings. The van der Waals surface area contributed by atoms with Crippen LogP contribution in [0.2, 0.25) is 5.02 Å². The van der Waals surface area contributed by atoms with Gasteiger partial charge in [0.2, 0.25) is 0 Å². The van der Waals surface area contributed by atoms with Gasteiger partial charge in [-0.3, -0.25) is 4.79 Å². The van der Waals surface area contributed by atoms with Gasteiger partial charge in [-0.1, -0.05) is 23.7 Å². The van der Waals surface area contributed by atoms with Crippen molar-refractivity contribution in [3.63, 3.8) is 0 Å². The average molecular weight is 358 g/mol. The van der Waals surface area contributed by atoms with Crippen LogP contribution in [0, 0.1) is 12.7 Å². The molecule has 0 saturated carbocycles. The van der Waals surface area contributed by atoms with Crippen molar-refractivity contribution < 1.29 is 9.18 Å². The van der Waals surface area contributed by atoms with Gasteiger partial charge in [0.1, 0.15) is 5.82 Å². The minimum Gasteiger partial charge on any atom is -0.398 e. The second-order valence-electron chi connectivity index (χ2n) is 4.23. The maximum Gasteiger partial charge on any atom is 0.257 e. The summed E-state index contributed by atoms with van der Waals surface area (Å²) in [5.74, 6) is -0.893. The zero-order chi connectivity index (χ0) is 14.9. The molecule has 2 aromatic rings. The molecule has 6 heteroatoms. The molecule has 0 bridgehead atoms. The number of para-hydroxylation sites is 1. The summed E-state index contributed by atoms with van der Waals surface area (Å²) >= 11 is 9.08. The van der Waals surface area contributed by atoms with Crippen molar-refractivity contribution in [2.24, 2.45) is 0 Å². The van der Waals surface area contributed by atoms with E-state index in [1.807, 2.05) is 13.0 Å². The molecule has 0 aliphatic carbocycles. The van der Waals surface area contributed by atoms with Crippen molar-refractivity contribution in [2.75, 3.05) is 11.1 Å². The van der Waals surface area contributed by atoms with E-state index in [0.717, 1.165) is 11.6 Å². The third kappa shape index (κ3) is 2.94. The standard InChI is InChI=1S/C14H11BrClFN2O/c1-7-3-2-4-9(12(7)18)14(20)19-13-10(15)5-8(17)6-11(13)16/h2-6H,18H2,1H3,(H,19,20). The van der Waals surface area contributed by atoms with E-state index in [0.29, 0.717) is 21.4 Å². The smallest absolute Gasteiger partial charge is 0.257 e. The number of hydrogen-bond acceptors (Lipinski definition) is 2. The van der Waals surface area contributed by atoms with Gasteiger partial charge in [-0.05, 0) is 46.6 Å². The quantitative estimate of drug-likeness (QED) is 0.783. The van der Waals surface area contributed by atoms with Crippen molar-refractivity contribution in [1.29, 1.82) is 0 Å². The number of halogens is 3. The number of anilines is 2. The Morgan fingerprint density at radius 3 is 2.75 bits per heavy atom. The number of amides is 1. The molecule has 0 unspecified atom stereocenters. The predicted molar refractivity (Wildman–Crippen MR) is 82.7 cm³/mol. The fourth-order valence-electron chi connectivity index (χ4n) is 1.72. The lowest BCUT2D eigenvalue weighted by atomic mass is 10.1. The summed E-state index contributed by atoms with van der Waals surface area (Å²) in [6.07, 6.45) is 0. The Morgan fingerprint density at radius 1 is 1.40 bits per heavy atom. The Bertz CT molecular complexity index is 668. The summed E-state index contributed by atoms with van der Waals surface area (Å²) < 4.78 is 13.5. The van der Waals surface area contributed by atoms with E-state index >= 15 is 0 Å². The van der Waals surface area contributed by atoms with E-state index in [-0.39, 0.29) is 5.02 Å². The van der Waals surface area contributed by atoms with Gasteiger partial charge < -0.3 is 11.1 Å². The fourth-order valence-corrected chi connectivity index (χ4v) is 2.62. The molecule has 0 atom stereocenters. The maximum atomic E-state index is 13.1. The zero-order valence-corrected chi connectivity index (χ0v) is 12.8. The number of aryl methyl sites for hydroxylation is 1. The first-order valence-corrected chi connectivity index (χ1v) is 6.88. The number of carbonyl (C=O) groups is 1. The van der Waals surface area contributed by atoms with Crippen LogP contribution >= 0.6 is 27.5 Å². The van der Waals surface area contributed by atoms with Crippen LogP contribution in [0.4, 0.5) is 15.8 Å². The number of hydrogen-bond donors (Lipinski definition) is 2. The first kappa shape index (κ1) is 14.8. The molecule has 0 aliphatic heterocycles. The Balaban J connectivity index is 2.36. The largest absolute Gasteiger partial charge is 0.398 e. The van der Waals surface area contributed by atoms with E-state index in [1.54, 1.807) is 12.1 Å². The fraction of sp³-hybridized carbons (Fsp3) is 0.0714. The third-order valence-corrected chi connectivity index (χ3v) is 3.74. The van der Waals surface area contributed by atoms with Crippen LogP contribution < -0.4 is 11.1 Å². The monoisotopic (exact) mass is 356 g/mol. The van der Waals surface area contributed by atoms with E-state index in [1.165, 1.54) is 6.07 Å². The van der Waals surface area contributed by atoms with Gasteiger partial charge in [-0.15, -0.1) is 0 Å². The van der Waals surface area contributed by atoms with Crippen molar-refractivity contribution in [2.45, 2.75) is 6.92 Å². The summed E-state index contributed by atoms with van der Waals surface area (Å²) in [6.45, 7) is 1.81. The summed E-state index contributed by atoms with van der Waals surface area (Å²) in [6, 6.07) is 7.51. The maximum absolute atomic E-state index is 13.1. The Hall–Kier alpha value is -1.59. The normalized spacial score (nSPS) is 10.4. The average Bonchev–Trinajstić information content (AvgIpc) is 2.36. The minimum atomic E-state index is -0.491. The number of nitrogens with one attached hydrogen (secondary N) is 1. The van der Waals surface area contributed by atoms with Gasteiger partial charge >= 0.3 is 0 Å². The molecular formula is C14H11BrClFN2O. The van der Waals surface area contributed by atoms with Gasteiger partial charge in [-0.2, -0.15) is 0 Å². The summed E-state index contributed by atoms with van der Waals surface area (Å²) in [5, 5.41) is 2.73. The van der Waals surface area contributed by atoms with Gasteiger partial charge in [0.25, 0.3) is 5.91 Å². The number of nitrogens with two attached hydrogens (primary N) is 1. The molecule has 0 radical (unpaired) electrons. The molecule has 104 valence electrons. The van der Waals surface area contributed by atoms with Gasteiger partial charge in [-0.25, -0.2) is 4.39 Å². The summed E-state index contributed by atoms with van der Waals surface area (Å²) in [5.41, 5.74) is 7.73. The number of carbonyl (C=O) groups excluding carboxylic acids is 1. The molecule has 2 rings (SSSR count). The SMILES string of the molecule is Cc1cccc(C(=O)Nc2c(Cl)cc(F)cc2Br)c1N.